The highest BCUT2D eigenvalue weighted by Crippen LogP contribution is 2.70. The van der Waals surface area contributed by atoms with Crippen molar-refractivity contribution in [3.05, 3.63) is 41.9 Å². The van der Waals surface area contributed by atoms with E-state index in [9.17, 15) is 9.18 Å². The first kappa shape index (κ1) is 24.5. The minimum Gasteiger partial charge on any atom is -0.367 e. The van der Waals surface area contributed by atoms with Crippen molar-refractivity contribution < 1.29 is 23.0 Å². The Hall–Kier alpha value is -3.14. The van der Waals surface area contributed by atoms with E-state index in [1.54, 1.807) is 0 Å². The molecule has 6 aliphatic carbocycles. The number of carbonyl (C=O) groups excluding carboxylic acids is 1. The number of carbonyl (C=O) groups is 1. The lowest BCUT2D eigenvalue weighted by Gasteiger charge is -2.65. The molecule has 1 saturated heterocycles. The quantitative estimate of drug-likeness (QED) is 0.328. The normalized spacial score (nSPS) is 35.4. The van der Waals surface area contributed by atoms with Gasteiger partial charge in [-0.25, -0.2) is 4.39 Å². The molecule has 3 atom stereocenters. The maximum absolute atomic E-state index is 14.6. The molecule has 1 aromatic carbocycles. The van der Waals surface area contributed by atoms with Gasteiger partial charge in [0.15, 0.2) is 5.82 Å². The summed E-state index contributed by atoms with van der Waals surface area (Å²) in [5.41, 5.74) is -0.301. The Labute approximate surface area is 237 Å². The Morgan fingerprint density at radius 1 is 1.00 bits per heavy atom. The van der Waals surface area contributed by atoms with Gasteiger partial charge in [-0.15, -0.1) is 0 Å². The molecule has 1 aliphatic heterocycles. The van der Waals surface area contributed by atoms with Crippen molar-refractivity contribution in [2.24, 2.45) is 16.7 Å². The number of aromatic nitrogens is 4. The van der Waals surface area contributed by atoms with Crippen LogP contribution in [-0.4, -0.2) is 45.0 Å². The van der Waals surface area contributed by atoms with Crippen LogP contribution in [0.1, 0.15) is 106 Å². The Morgan fingerprint density at radius 2 is 1.80 bits per heavy atom. The topological polar surface area (TPSA) is 107 Å². The van der Waals surface area contributed by atoms with Crippen LogP contribution in [0.4, 0.5) is 10.1 Å². The lowest BCUT2D eigenvalue weighted by atomic mass is 9.41. The highest BCUT2D eigenvalue weighted by molar-refractivity contribution is 6.00. The number of hydrogen-bond acceptors (Lipinski definition) is 8. The molecule has 1 amide bonds. The first-order valence-corrected chi connectivity index (χ1v) is 15.3. The molecule has 10 rings (SSSR count). The molecule has 214 valence electrons. The van der Waals surface area contributed by atoms with E-state index < -0.39 is 11.1 Å². The Bertz CT molecular complexity index is 1510. The summed E-state index contributed by atoms with van der Waals surface area (Å²) in [6.07, 6.45) is 9.23. The number of alkyl halides is 1. The van der Waals surface area contributed by atoms with E-state index in [4.69, 9.17) is 18.8 Å². The minimum atomic E-state index is -1.15. The van der Waals surface area contributed by atoms with E-state index in [1.807, 2.05) is 29.2 Å². The lowest BCUT2D eigenvalue weighted by molar-refractivity contribution is -0.212. The highest BCUT2D eigenvalue weighted by atomic mass is 19.1. The molecule has 10 heteroatoms. The maximum atomic E-state index is 14.6. The zero-order valence-corrected chi connectivity index (χ0v) is 23.1. The summed E-state index contributed by atoms with van der Waals surface area (Å²) >= 11 is 0. The Morgan fingerprint density at radius 3 is 2.59 bits per heavy atom. The van der Waals surface area contributed by atoms with Crippen molar-refractivity contribution in [2.75, 3.05) is 18.1 Å². The molecular weight excluding hydrogens is 525 g/mol. The van der Waals surface area contributed by atoms with Crippen LogP contribution in [0.15, 0.2) is 33.3 Å². The lowest BCUT2D eigenvalue weighted by Crippen LogP contribution is -2.71. The van der Waals surface area contributed by atoms with Crippen molar-refractivity contribution >= 4 is 11.6 Å². The van der Waals surface area contributed by atoms with Crippen LogP contribution in [0, 0.1) is 16.7 Å². The van der Waals surface area contributed by atoms with Crippen LogP contribution in [0.3, 0.4) is 0 Å². The molecule has 41 heavy (non-hydrogen) atoms. The van der Waals surface area contributed by atoms with Gasteiger partial charge < -0.3 is 18.7 Å². The third-order valence-corrected chi connectivity index (χ3v) is 10.6. The van der Waals surface area contributed by atoms with E-state index in [0.29, 0.717) is 61.9 Å². The SMILES string of the molecule is O=C(N(CC12CCCC(C1)C(c1nc(C3CC3)no1)OC2)c1cccc(-c2noc(C3CC3)n2)c1)C12CC(F)(C1)C2. The zero-order valence-electron chi connectivity index (χ0n) is 23.1. The van der Waals surface area contributed by atoms with Gasteiger partial charge in [-0.2, -0.15) is 9.97 Å². The average Bonchev–Trinajstić information content (AvgIpc) is 3.88. The first-order valence-electron chi connectivity index (χ1n) is 15.3. The molecule has 4 bridgehead atoms. The summed E-state index contributed by atoms with van der Waals surface area (Å²) in [6.45, 7) is 1.06. The fraction of sp³-hybridized carbons (Fsp3) is 0.645. The number of nitrogens with zero attached hydrogens (tertiary/aromatic N) is 5. The van der Waals surface area contributed by atoms with Crippen LogP contribution in [0.25, 0.3) is 11.4 Å². The second-order valence-electron chi connectivity index (χ2n) is 14.0. The molecule has 0 N–H and O–H groups in total. The third kappa shape index (κ3) is 4.00. The van der Waals surface area contributed by atoms with Gasteiger partial charge in [0.2, 0.25) is 17.6 Å². The molecule has 0 radical (unpaired) electrons. The van der Waals surface area contributed by atoms with Crippen LogP contribution >= 0.6 is 0 Å². The van der Waals surface area contributed by atoms with E-state index in [1.165, 1.54) is 0 Å². The van der Waals surface area contributed by atoms with Gasteiger partial charge in [0.25, 0.3) is 5.89 Å². The summed E-state index contributed by atoms with van der Waals surface area (Å²) in [5, 5.41) is 8.45. The van der Waals surface area contributed by atoms with Crippen LogP contribution in [0.5, 0.6) is 0 Å². The predicted molar refractivity (Wildman–Crippen MR) is 144 cm³/mol. The highest BCUT2D eigenvalue weighted by Gasteiger charge is 2.73. The largest absolute Gasteiger partial charge is 0.367 e. The van der Waals surface area contributed by atoms with Crippen LogP contribution in [-0.2, 0) is 9.53 Å². The molecule has 7 aliphatic rings. The van der Waals surface area contributed by atoms with Crippen molar-refractivity contribution in [3.63, 3.8) is 0 Å². The third-order valence-electron chi connectivity index (χ3n) is 10.6. The molecule has 6 saturated carbocycles. The van der Waals surface area contributed by atoms with Gasteiger partial charge in [0.1, 0.15) is 11.8 Å². The molecule has 3 aromatic rings. The van der Waals surface area contributed by atoms with E-state index >= 15 is 0 Å². The number of rotatable bonds is 8. The van der Waals surface area contributed by atoms with Gasteiger partial charge in [0.05, 0.1) is 12.0 Å². The first-order chi connectivity index (χ1) is 19.9. The average molecular weight is 560 g/mol. The number of amides is 1. The summed E-state index contributed by atoms with van der Waals surface area (Å²) < 4.78 is 32.3. The number of hydrogen-bond donors (Lipinski definition) is 0. The van der Waals surface area contributed by atoms with E-state index in [2.05, 4.69) is 15.3 Å². The standard InChI is InChI=1S/C31H34FN5O4/c32-31-13-30(14-31,15-31)28(38)37(22-5-1-3-20(11-22)25-33-26(40-36-25)19-8-9-19)16-29-10-2-4-21(12-29)23(39-17-29)27-34-24(35-41-27)18-6-7-18/h1,3,5,11,18-19,21,23H,2,4,6-10,12-17H2. The Balaban J connectivity index is 1.01. The van der Waals surface area contributed by atoms with Gasteiger partial charge in [0, 0.05) is 35.0 Å². The summed E-state index contributed by atoms with van der Waals surface area (Å²) in [5.74, 6) is 3.74. The summed E-state index contributed by atoms with van der Waals surface area (Å²) in [6, 6.07) is 7.85. The predicted octanol–water partition coefficient (Wildman–Crippen LogP) is 6.05. The fourth-order valence-corrected chi connectivity index (χ4v) is 8.08. The van der Waals surface area contributed by atoms with Gasteiger partial charge in [-0.3, -0.25) is 4.79 Å². The van der Waals surface area contributed by atoms with Crippen molar-refractivity contribution in [1.29, 1.82) is 0 Å². The molecule has 9 nitrogen and oxygen atoms in total. The Kier molecular flexibility index (Phi) is 5.05. The molecule has 7 fully saturated rings. The molecule has 3 unspecified atom stereocenters. The molecule has 2 aromatic heterocycles. The smallest absolute Gasteiger partial charge is 0.256 e. The number of fused-ring (bicyclic) bond motifs is 2. The van der Waals surface area contributed by atoms with Gasteiger partial charge >= 0.3 is 0 Å². The molecule has 3 heterocycles. The van der Waals surface area contributed by atoms with Gasteiger partial charge in [-0.1, -0.05) is 28.9 Å². The van der Waals surface area contributed by atoms with E-state index in [-0.39, 0.29) is 23.3 Å². The van der Waals surface area contributed by atoms with Crippen molar-refractivity contribution in [3.8, 4) is 11.4 Å². The summed E-state index contributed by atoms with van der Waals surface area (Å²) in [7, 11) is 0. The maximum Gasteiger partial charge on any atom is 0.256 e. The number of ether oxygens (including phenoxy) is 1. The van der Waals surface area contributed by atoms with E-state index in [0.717, 1.165) is 68.4 Å². The molecule has 0 spiro atoms. The number of benzene rings is 1. The van der Waals surface area contributed by atoms with Crippen LogP contribution in [0.2, 0.25) is 0 Å². The fourth-order valence-electron chi connectivity index (χ4n) is 8.08. The number of halogens is 1. The van der Waals surface area contributed by atoms with Gasteiger partial charge in [-0.05, 0) is 82.3 Å². The van der Waals surface area contributed by atoms with Crippen LogP contribution < -0.4 is 4.90 Å². The second kappa shape index (κ2) is 8.46. The summed E-state index contributed by atoms with van der Waals surface area (Å²) in [4.78, 5) is 25.5. The van der Waals surface area contributed by atoms with Crippen molar-refractivity contribution in [1.82, 2.24) is 20.3 Å². The second-order valence-corrected chi connectivity index (χ2v) is 14.0. The monoisotopic (exact) mass is 559 g/mol. The minimum absolute atomic E-state index is 0.0329. The van der Waals surface area contributed by atoms with Crippen molar-refractivity contribution in [2.45, 2.75) is 94.2 Å². The number of anilines is 1. The zero-order chi connectivity index (χ0) is 27.4. The molecular formula is C31H34FN5O4.